The van der Waals surface area contributed by atoms with Gasteiger partial charge in [-0.25, -0.2) is 23.7 Å². The van der Waals surface area contributed by atoms with Gasteiger partial charge in [-0.1, -0.05) is 0 Å². The number of fused-ring (bicyclic) bond motifs is 2. The first-order valence-corrected chi connectivity index (χ1v) is 10.9. The Bertz CT molecular complexity index is 1330. The van der Waals surface area contributed by atoms with Crippen LogP contribution in [0.1, 0.15) is 11.1 Å². The Morgan fingerprint density at radius 3 is 2.76 bits per heavy atom. The predicted molar refractivity (Wildman–Crippen MR) is 119 cm³/mol. The van der Waals surface area contributed by atoms with E-state index in [9.17, 15) is 4.39 Å². The second-order valence-electron chi connectivity index (χ2n) is 8.14. The molecule has 33 heavy (non-hydrogen) atoms. The van der Waals surface area contributed by atoms with Gasteiger partial charge in [0.15, 0.2) is 5.82 Å². The molecular weight excluding hydrogens is 428 g/mol. The minimum absolute atomic E-state index is 0.00794. The predicted octanol–water partition coefficient (Wildman–Crippen LogP) is 2.84. The molecule has 5 heterocycles. The zero-order valence-electron chi connectivity index (χ0n) is 17.7. The first kappa shape index (κ1) is 20.1. The van der Waals surface area contributed by atoms with Crippen LogP contribution in [0.3, 0.4) is 0 Å². The summed E-state index contributed by atoms with van der Waals surface area (Å²) in [7, 11) is 0. The topological polar surface area (TPSA) is 91.9 Å². The molecule has 0 saturated carbocycles. The van der Waals surface area contributed by atoms with Gasteiger partial charge in [-0.15, -0.1) is 0 Å². The molecule has 4 aromatic rings. The van der Waals surface area contributed by atoms with Gasteiger partial charge in [0.25, 0.3) is 0 Å². The van der Waals surface area contributed by atoms with Crippen LogP contribution >= 0.6 is 0 Å². The standard InChI is InChI=1S/C23H21F2N7O/c24-16-9-13-3-4-26-11-15(13)20(25)19(16)23-28-12-17-22(29-23)21(31-30-17)14-1-2-18(27-10-14)32-5-7-33-8-6-32/h1-2,9-10,12,26H,3-8,11H2,(H,30,31). The molecule has 0 radical (unpaired) electrons. The molecule has 0 unspecified atom stereocenters. The summed E-state index contributed by atoms with van der Waals surface area (Å²) in [6, 6.07) is 5.24. The largest absolute Gasteiger partial charge is 0.378 e. The quantitative estimate of drug-likeness (QED) is 0.497. The molecule has 1 fully saturated rings. The summed E-state index contributed by atoms with van der Waals surface area (Å²) >= 11 is 0. The number of halogens is 2. The van der Waals surface area contributed by atoms with Crippen molar-refractivity contribution in [3.05, 3.63) is 53.4 Å². The second-order valence-corrected chi connectivity index (χ2v) is 8.14. The molecule has 0 spiro atoms. The molecule has 6 rings (SSSR count). The summed E-state index contributed by atoms with van der Waals surface area (Å²) in [5.41, 5.74) is 3.29. The lowest BCUT2D eigenvalue weighted by molar-refractivity contribution is 0.122. The maximum atomic E-state index is 15.3. The third-order valence-electron chi connectivity index (χ3n) is 6.17. The Labute approximate surface area is 188 Å². The molecule has 1 saturated heterocycles. The summed E-state index contributed by atoms with van der Waals surface area (Å²) in [4.78, 5) is 15.4. The number of pyridine rings is 1. The first-order valence-electron chi connectivity index (χ1n) is 10.9. The third kappa shape index (κ3) is 3.51. The number of morpholine rings is 1. The van der Waals surface area contributed by atoms with Crippen molar-refractivity contribution in [3.8, 4) is 22.6 Å². The van der Waals surface area contributed by atoms with Crippen LogP contribution < -0.4 is 10.2 Å². The van der Waals surface area contributed by atoms with Crippen LogP contribution in [0.5, 0.6) is 0 Å². The Morgan fingerprint density at radius 2 is 1.94 bits per heavy atom. The minimum atomic E-state index is -0.658. The molecule has 8 nitrogen and oxygen atoms in total. The molecule has 0 amide bonds. The van der Waals surface area contributed by atoms with E-state index in [1.807, 2.05) is 12.1 Å². The maximum Gasteiger partial charge on any atom is 0.165 e. The number of H-pyrrole nitrogens is 1. The number of nitrogens with zero attached hydrogens (tertiary/aromatic N) is 5. The lowest BCUT2D eigenvalue weighted by Crippen LogP contribution is -2.36. The lowest BCUT2D eigenvalue weighted by atomic mass is 9.96. The number of aromatic amines is 1. The van der Waals surface area contributed by atoms with Crippen molar-refractivity contribution in [2.45, 2.75) is 13.0 Å². The fraction of sp³-hybridized carbons (Fsp3) is 0.304. The van der Waals surface area contributed by atoms with Gasteiger partial charge in [0, 0.05) is 37.0 Å². The van der Waals surface area contributed by atoms with Crippen LogP contribution in [0.4, 0.5) is 14.6 Å². The van der Waals surface area contributed by atoms with Gasteiger partial charge in [0.1, 0.15) is 34.2 Å². The third-order valence-corrected chi connectivity index (χ3v) is 6.17. The number of benzene rings is 1. The summed E-state index contributed by atoms with van der Waals surface area (Å²) in [6.07, 6.45) is 3.82. The van der Waals surface area contributed by atoms with Gasteiger partial charge >= 0.3 is 0 Å². The van der Waals surface area contributed by atoms with E-state index in [-0.39, 0.29) is 11.4 Å². The van der Waals surface area contributed by atoms with Crippen molar-refractivity contribution < 1.29 is 13.5 Å². The average molecular weight is 449 g/mol. The zero-order valence-corrected chi connectivity index (χ0v) is 17.7. The van der Waals surface area contributed by atoms with Crippen molar-refractivity contribution in [1.29, 1.82) is 0 Å². The van der Waals surface area contributed by atoms with Gasteiger partial charge in [0.2, 0.25) is 0 Å². The van der Waals surface area contributed by atoms with Gasteiger partial charge in [-0.3, -0.25) is 5.10 Å². The molecule has 1 aromatic carbocycles. The highest BCUT2D eigenvalue weighted by atomic mass is 19.1. The van der Waals surface area contributed by atoms with E-state index in [4.69, 9.17) is 4.74 Å². The molecule has 2 N–H and O–H groups in total. The van der Waals surface area contributed by atoms with Gasteiger partial charge in [-0.05, 0) is 36.7 Å². The normalized spacial score (nSPS) is 16.2. The van der Waals surface area contributed by atoms with Crippen molar-refractivity contribution in [2.24, 2.45) is 0 Å². The summed E-state index contributed by atoms with van der Waals surface area (Å²) in [5.74, 6) is -0.414. The smallest absolute Gasteiger partial charge is 0.165 e. The van der Waals surface area contributed by atoms with Crippen LogP contribution in [-0.2, 0) is 17.7 Å². The van der Waals surface area contributed by atoms with Crippen molar-refractivity contribution in [3.63, 3.8) is 0 Å². The molecular formula is C23H21F2N7O. The average Bonchev–Trinajstić information content (AvgIpc) is 3.28. The Morgan fingerprint density at radius 1 is 1.06 bits per heavy atom. The number of nitrogens with one attached hydrogen (secondary N) is 2. The van der Waals surface area contributed by atoms with E-state index in [1.54, 1.807) is 6.20 Å². The SMILES string of the molecule is Fc1cc2c(c(F)c1-c1ncc3[nH]nc(-c4ccc(N5CCOCC5)nc4)c3n1)CNCC2. The van der Waals surface area contributed by atoms with Crippen LogP contribution in [0.15, 0.2) is 30.6 Å². The highest BCUT2D eigenvalue weighted by Crippen LogP contribution is 2.32. The van der Waals surface area contributed by atoms with E-state index in [0.717, 1.165) is 24.5 Å². The fourth-order valence-corrected chi connectivity index (χ4v) is 4.41. The molecule has 0 aliphatic carbocycles. The fourth-order valence-electron chi connectivity index (χ4n) is 4.41. The number of hydrogen-bond donors (Lipinski definition) is 2. The summed E-state index contributed by atoms with van der Waals surface area (Å²) < 4.78 is 35.6. The van der Waals surface area contributed by atoms with Crippen LogP contribution in [0.2, 0.25) is 0 Å². The van der Waals surface area contributed by atoms with E-state index < -0.39 is 11.6 Å². The van der Waals surface area contributed by atoms with Crippen molar-refractivity contribution >= 4 is 16.9 Å². The number of ether oxygens (including phenoxy) is 1. The van der Waals surface area contributed by atoms with E-state index >= 15 is 4.39 Å². The molecule has 3 aromatic heterocycles. The van der Waals surface area contributed by atoms with Gasteiger partial charge in [0.05, 0.1) is 25.0 Å². The zero-order chi connectivity index (χ0) is 22.4. The minimum Gasteiger partial charge on any atom is -0.378 e. The molecule has 0 atom stereocenters. The van der Waals surface area contributed by atoms with Crippen LogP contribution in [0, 0.1) is 11.6 Å². The van der Waals surface area contributed by atoms with Gasteiger partial charge in [-0.2, -0.15) is 5.10 Å². The Hall–Kier alpha value is -3.50. The molecule has 2 aliphatic rings. The molecule has 2 aliphatic heterocycles. The number of rotatable bonds is 3. The van der Waals surface area contributed by atoms with E-state index in [0.29, 0.717) is 60.6 Å². The van der Waals surface area contributed by atoms with Crippen LogP contribution in [0.25, 0.3) is 33.7 Å². The Kier molecular flexibility index (Phi) is 4.96. The Balaban J connectivity index is 1.39. The highest BCUT2D eigenvalue weighted by Gasteiger charge is 2.24. The van der Waals surface area contributed by atoms with Crippen LogP contribution in [-0.4, -0.2) is 58.0 Å². The molecule has 0 bridgehead atoms. The number of hydrogen-bond acceptors (Lipinski definition) is 7. The number of aromatic nitrogens is 5. The summed E-state index contributed by atoms with van der Waals surface area (Å²) in [5, 5.41) is 10.4. The number of anilines is 1. The van der Waals surface area contributed by atoms with Crippen molar-refractivity contribution in [1.82, 2.24) is 30.5 Å². The highest BCUT2D eigenvalue weighted by molar-refractivity contribution is 5.90. The van der Waals surface area contributed by atoms with E-state index in [2.05, 4.69) is 35.4 Å². The first-order chi connectivity index (χ1) is 16.2. The lowest BCUT2D eigenvalue weighted by Gasteiger charge is -2.27. The molecule has 10 heteroatoms. The van der Waals surface area contributed by atoms with Gasteiger partial charge < -0.3 is 15.0 Å². The monoisotopic (exact) mass is 449 g/mol. The summed E-state index contributed by atoms with van der Waals surface area (Å²) in [6.45, 7) is 4.00. The maximum absolute atomic E-state index is 15.3. The second kappa shape index (κ2) is 8.13. The molecule has 168 valence electrons. The van der Waals surface area contributed by atoms with E-state index in [1.165, 1.54) is 12.3 Å². The van der Waals surface area contributed by atoms with Crippen molar-refractivity contribution in [2.75, 3.05) is 37.7 Å².